The van der Waals surface area contributed by atoms with E-state index >= 15 is 0 Å². The molecule has 0 saturated heterocycles. The number of hydrogen-bond acceptors (Lipinski definition) is 8. The van der Waals surface area contributed by atoms with Gasteiger partial charge in [0.1, 0.15) is 18.1 Å². The number of amides is 4. The number of para-hydroxylation sites is 1. The number of carboxylic acids is 2. The summed E-state index contributed by atoms with van der Waals surface area (Å²) in [5.74, 6) is -6.13. The molecule has 1 aromatic carbocycles. The second kappa shape index (κ2) is 14.4. The Kier molecular flexibility index (Phi) is 11.4. The first-order valence-corrected chi connectivity index (χ1v) is 12.0. The SMILES string of the molecule is NC(=O)CCC(NC(=O)C(CO)NC(=O)C(Cc1c[nH]c2ccccc12)NC(=O)C(N)CCC(=O)O)C(=O)O. The molecule has 4 unspecified atom stereocenters. The molecule has 4 atom stereocenters. The van der Waals surface area contributed by atoms with E-state index in [0.717, 1.165) is 10.9 Å². The summed E-state index contributed by atoms with van der Waals surface area (Å²) in [6, 6.07) is 1.52. The monoisotopic (exact) mass is 548 g/mol. The first kappa shape index (κ1) is 30.7. The standard InChI is InChI=1S/C24H32N6O9/c25-14(5-8-20(33)34)21(35)29-17(9-12-10-27-15-4-2-1-3-13(12)15)22(36)30-18(11-31)23(37)28-16(24(38)39)6-7-19(26)32/h1-4,10,14,16-18,27,31H,5-9,11,25H2,(H2,26,32)(H,28,37)(H,29,35)(H,30,36)(H,33,34)(H,38,39). The maximum atomic E-state index is 13.2. The maximum absolute atomic E-state index is 13.2. The summed E-state index contributed by atoms with van der Waals surface area (Å²) < 4.78 is 0. The van der Waals surface area contributed by atoms with Gasteiger partial charge in [-0.3, -0.25) is 24.0 Å². The fourth-order valence-corrected chi connectivity index (χ4v) is 3.70. The van der Waals surface area contributed by atoms with Crippen molar-refractivity contribution in [2.75, 3.05) is 6.61 Å². The number of carboxylic acid groups (broad SMARTS) is 2. The van der Waals surface area contributed by atoms with Crippen LogP contribution in [0.3, 0.4) is 0 Å². The van der Waals surface area contributed by atoms with Gasteiger partial charge in [-0.1, -0.05) is 18.2 Å². The minimum atomic E-state index is -1.60. The van der Waals surface area contributed by atoms with Crippen molar-refractivity contribution in [1.29, 1.82) is 0 Å². The number of carbonyl (C=O) groups excluding carboxylic acids is 4. The number of nitrogens with one attached hydrogen (secondary N) is 4. The minimum Gasteiger partial charge on any atom is -0.481 e. The van der Waals surface area contributed by atoms with Crippen molar-refractivity contribution >= 4 is 46.5 Å². The van der Waals surface area contributed by atoms with Crippen LogP contribution < -0.4 is 27.4 Å². The van der Waals surface area contributed by atoms with Crippen molar-refractivity contribution in [3.63, 3.8) is 0 Å². The highest BCUT2D eigenvalue weighted by Crippen LogP contribution is 2.19. The minimum absolute atomic E-state index is 0.0661. The lowest BCUT2D eigenvalue weighted by Crippen LogP contribution is -2.58. The highest BCUT2D eigenvalue weighted by molar-refractivity contribution is 5.95. The van der Waals surface area contributed by atoms with Crippen molar-refractivity contribution in [3.8, 4) is 0 Å². The number of aliphatic hydroxyl groups is 1. The fourth-order valence-electron chi connectivity index (χ4n) is 3.70. The topological polar surface area (TPSA) is 267 Å². The van der Waals surface area contributed by atoms with Crippen molar-refractivity contribution in [3.05, 3.63) is 36.0 Å². The molecule has 0 fully saturated rings. The van der Waals surface area contributed by atoms with Crippen LogP contribution in [-0.4, -0.2) is 86.6 Å². The van der Waals surface area contributed by atoms with Gasteiger partial charge in [-0.05, 0) is 24.5 Å². The van der Waals surface area contributed by atoms with Gasteiger partial charge in [0.2, 0.25) is 23.6 Å². The van der Waals surface area contributed by atoms with Gasteiger partial charge in [0.25, 0.3) is 0 Å². The van der Waals surface area contributed by atoms with E-state index in [1.54, 1.807) is 30.5 Å². The molecular formula is C24H32N6O9. The van der Waals surface area contributed by atoms with Crippen LogP contribution in [-0.2, 0) is 35.2 Å². The number of fused-ring (bicyclic) bond motifs is 1. The Balaban J connectivity index is 2.21. The summed E-state index contributed by atoms with van der Waals surface area (Å²) in [5, 5.41) is 35.5. The second-order valence-electron chi connectivity index (χ2n) is 8.81. The maximum Gasteiger partial charge on any atom is 0.326 e. The van der Waals surface area contributed by atoms with Gasteiger partial charge in [0, 0.05) is 36.4 Å². The normalized spacial score (nSPS) is 14.0. The Hall–Kier alpha value is -4.50. The highest BCUT2D eigenvalue weighted by atomic mass is 16.4. The summed E-state index contributed by atoms with van der Waals surface area (Å²) in [7, 11) is 0. The predicted octanol–water partition coefficient (Wildman–Crippen LogP) is -2.30. The Labute approximate surface area is 222 Å². The van der Waals surface area contributed by atoms with E-state index in [0.29, 0.717) is 5.56 Å². The molecule has 0 spiro atoms. The van der Waals surface area contributed by atoms with Gasteiger partial charge in [0.05, 0.1) is 12.6 Å². The van der Waals surface area contributed by atoms with Crippen molar-refractivity contribution in [2.45, 2.75) is 56.3 Å². The average molecular weight is 549 g/mol. The Morgan fingerprint density at radius 3 is 2.08 bits per heavy atom. The molecule has 2 rings (SSSR count). The van der Waals surface area contributed by atoms with Gasteiger partial charge in [-0.2, -0.15) is 0 Å². The number of aliphatic hydroxyl groups excluding tert-OH is 1. The lowest BCUT2D eigenvalue weighted by Gasteiger charge is -2.24. The molecule has 2 aromatic rings. The molecule has 0 radical (unpaired) electrons. The molecule has 0 aliphatic carbocycles. The first-order chi connectivity index (χ1) is 18.4. The van der Waals surface area contributed by atoms with Crippen LogP contribution in [0.1, 0.15) is 31.2 Å². The van der Waals surface area contributed by atoms with E-state index in [1.165, 1.54) is 0 Å². The Morgan fingerprint density at radius 2 is 1.46 bits per heavy atom. The van der Waals surface area contributed by atoms with E-state index in [-0.39, 0.29) is 32.1 Å². The van der Waals surface area contributed by atoms with Crippen molar-refractivity contribution < 1.29 is 44.1 Å². The first-order valence-electron chi connectivity index (χ1n) is 12.0. The summed E-state index contributed by atoms with van der Waals surface area (Å²) in [6.45, 7) is -0.911. The fraction of sp³-hybridized carbons (Fsp3) is 0.417. The number of aromatic amines is 1. The molecule has 15 heteroatoms. The van der Waals surface area contributed by atoms with E-state index in [9.17, 15) is 39.0 Å². The summed E-state index contributed by atoms with van der Waals surface area (Å²) in [5.41, 5.74) is 12.2. The van der Waals surface area contributed by atoms with Crippen LogP contribution in [0.15, 0.2) is 30.5 Å². The zero-order valence-electron chi connectivity index (χ0n) is 20.9. The number of aliphatic carboxylic acids is 2. The van der Waals surface area contributed by atoms with Crippen molar-refractivity contribution in [1.82, 2.24) is 20.9 Å². The molecule has 15 nitrogen and oxygen atoms in total. The number of primary amides is 1. The van der Waals surface area contributed by atoms with Crippen molar-refractivity contribution in [2.24, 2.45) is 11.5 Å². The average Bonchev–Trinajstić information content (AvgIpc) is 3.29. The molecule has 0 aliphatic rings. The third kappa shape index (κ3) is 9.39. The Bertz CT molecular complexity index is 1210. The third-order valence-electron chi connectivity index (χ3n) is 5.85. The van der Waals surface area contributed by atoms with Crippen LogP contribution in [0.4, 0.5) is 0 Å². The third-order valence-corrected chi connectivity index (χ3v) is 5.85. The lowest BCUT2D eigenvalue weighted by molar-refractivity contribution is -0.143. The molecule has 39 heavy (non-hydrogen) atoms. The van der Waals surface area contributed by atoms with Gasteiger partial charge < -0.3 is 47.7 Å². The highest BCUT2D eigenvalue weighted by Gasteiger charge is 2.31. The molecular weight excluding hydrogens is 516 g/mol. The predicted molar refractivity (Wildman–Crippen MR) is 136 cm³/mol. The smallest absolute Gasteiger partial charge is 0.326 e. The van der Waals surface area contributed by atoms with Gasteiger partial charge >= 0.3 is 11.9 Å². The Morgan fingerprint density at radius 1 is 0.846 bits per heavy atom. The second-order valence-corrected chi connectivity index (χ2v) is 8.81. The van der Waals surface area contributed by atoms with Gasteiger partial charge in [-0.15, -0.1) is 0 Å². The molecule has 0 saturated carbocycles. The molecule has 0 bridgehead atoms. The van der Waals surface area contributed by atoms with Crippen LogP contribution in [0.2, 0.25) is 0 Å². The lowest BCUT2D eigenvalue weighted by atomic mass is 10.0. The zero-order valence-corrected chi connectivity index (χ0v) is 20.9. The molecule has 4 amide bonds. The molecule has 212 valence electrons. The number of hydrogen-bond donors (Lipinski definition) is 9. The number of benzene rings is 1. The van der Waals surface area contributed by atoms with E-state index in [4.69, 9.17) is 16.6 Å². The summed E-state index contributed by atoms with van der Waals surface area (Å²) in [6.07, 6.45) is 0.370. The van der Waals surface area contributed by atoms with Gasteiger partial charge in [-0.25, -0.2) is 4.79 Å². The van der Waals surface area contributed by atoms with E-state index < -0.39 is 66.3 Å². The van der Waals surface area contributed by atoms with Gasteiger partial charge in [0.15, 0.2) is 0 Å². The van der Waals surface area contributed by atoms with E-state index in [2.05, 4.69) is 20.9 Å². The van der Waals surface area contributed by atoms with Crippen LogP contribution in [0.25, 0.3) is 10.9 Å². The van der Waals surface area contributed by atoms with Crippen LogP contribution >= 0.6 is 0 Å². The molecule has 11 N–H and O–H groups in total. The van der Waals surface area contributed by atoms with Crippen LogP contribution in [0, 0.1) is 0 Å². The largest absolute Gasteiger partial charge is 0.481 e. The van der Waals surface area contributed by atoms with Crippen LogP contribution in [0.5, 0.6) is 0 Å². The number of nitrogens with two attached hydrogens (primary N) is 2. The quantitative estimate of drug-likeness (QED) is 0.108. The number of carbonyl (C=O) groups is 6. The molecule has 0 aliphatic heterocycles. The zero-order chi connectivity index (χ0) is 29.1. The molecule has 1 aromatic heterocycles. The molecule has 1 heterocycles. The number of aromatic nitrogens is 1. The summed E-state index contributed by atoms with van der Waals surface area (Å²) >= 11 is 0. The number of rotatable bonds is 16. The van der Waals surface area contributed by atoms with E-state index in [1.807, 2.05) is 0 Å². The number of H-pyrrole nitrogens is 1. The summed E-state index contributed by atoms with van der Waals surface area (Å²) in [4.78, 5) is 74.8.